The molecule has 4 N–H and O–H groups in total. The van der Waals surface area contributed by atoms with Crippen LogP contribution < -0.4 is 5.32 Å². The van der Waals surface area contributed by atoms with Gasteiger partial charge in [0, 0.05) is 17.3 Å². The van der Waals surface area contributed by atoms with Crippen molar-refractivity contribution in [1.29, 1.82) is 0 Å². The van der Waals surface area contributed by atoms with Gasteiger partial charge in [0.2, 0.25) is 0 Å². The Morgan fingerprint density at radius 2 is 1.74 bits per heavy atom. The van der Waals surface area contributed by atoms with Crippen molar-refractivity contribution in [2.24, 2.45) is 11.8 Å². The molecule has 0 saturated heterocycles. The Kier molecular flexibility index (Phi) is 6.50. The molecule has 0 radical (unpaired) electrons. The van der Waals surface area contributed by atoms with Crippen molar-refractivity contribution in [3.63, 3.8) is 0 Å². The first-order valence-corrected chi connectivity index (χ1v) is 12.7. The zero-order valence-corrected chi connectivity index (χ0v) is 19.7. The van der Waals surface area contributed by atoms with E-state index >= 15 is 0 Å². The number of hydrogen-bond donors (Lipinski definition) is 4. The number of halogens is 3. The number of carbonyl (C=O) groups excluding carboxylic acids is 1. The van der Waals surface area contributed by atoms with E-state index in [1.54, 1.807) is 0 Å². The van der Waals surface area contributed by atoms with Crippen molar-refractivity contribution >= 4 is 33.0 Å². The second-order valence-corrected chi connectivity index (χ2v) is 11.7. The fourth-order valence-electron chi connectivity index (χ4n) is 5.14. The fourth-order valence-corrected chi connectivity index (χ4v) is 7.54. The van der Waals surface area contributed by atoms with E-state index in [4.69, 9.17) is 11.6 Å². The van der Waals surface area contributed by atoms with Gasteiger partial charge < -0.3 is 20.6 Å². The number of anilines is 1. The number of nitrogens with one attached hydrogen (secondary N) is 1. The fraction of sp³-hybridized carbons (Fsp3) is 0.435. The molecule has 2 aromatic carbocycles. The molecular formula is C23H24ClF2NO6S. The van der Waals surface area contributed by atoms with E-state index in [0.29, 0.717) is 6.42 Å². The number of hydrogen-bond acceptors (Lipinski definition) is 6. The van der Waals surface area contributed by atoms with Crippen LogP contribution in [-0.4, -0.2) is 52.7 Å². The molecule has 5 rings (SSSR count). The van der Waals surface area contributed by atoms with Crippen LogP contribution in [0.1, 0.15) is 36.5 Å². The van der Waals surface area contributed by atoms with Crippen LogP contribution in [0.2, 0.25) is 5.02 Å². The minimum Gasteiger partial charge on any atom is -0.391 e. The number of benzene rings is 2. The summed E-state index contributed by atoms with van der Waals surface area (Å²) in [5.74, 6) is -3.96. The van der Waals surface area contributed by atoms with Crippen LogP contribution >= 0.6 is 11.6 Å². The zero-order chi connectivity index (χ0) is 25.0. The largest absolute Gasteiger partial charge is 0.391 e. The summed E-state index contributed by atoms with van der Waals surface area (Å²) < 4.78 is 53.3. The molecule has 34 heavy (non-hydrogen) atoms. The first-order chi connectivity index (χ1) is 15.9. The van der Waals surface area contributed by atoms with Gasteiger partial charge in [-0.15, -0.1) is 0 Å². The number of sulfone groups is 1. The maximum absolute atomic E-state index is 13.4. The van der Waals surface area contributed by atoms with Crippen LogP contribution in [0.5, 0.6) is 0 Å². The van der Waals surface area contributed by atoms with E-state index in [9.17, 15) is 37.3 Å². The predicted molar refractivity (Wildman–Crippen MR) is 120 cm³/mol. The molecule has 3 aliphatic rings. The van der Waals surface area contributed by atoms with Crippen LogP contribution in [0.15, 0.2) is 41.3 Å². The van der Waals surface area contributed by atoms with E-state index in [1.807, 2.05) is 0 Å². The van der Waals surface area contributed by atoms with Gasteiger partial charge in [-0.2, -0.15) is 0 Å². The molecule has 0 aromatic heterocycles. The Morgan fingerprint density at radius 1 is 1.09 bits per heavy atom. The van der Waals surface area contributed by atoms with Gasteiger partial charge in [0.05, 0.1) is 26.9 Å². The van der Waals surface area contributed by atoms with Gasteiger partial charge in [-0.1, -0.05) is 11.6 Å². The van der Waals surface area contributed by atoms with Crippen molar-refractivity contribution in [2.45, 2.75) is 54.1 Å². The number of amides is 1. The number of aliphatic hydroxyl groups excluding tert-OH is 2. The van der Waals surface area contributed by atoms with Gasteiger partial charge in [0.15, 0.2) is 21.5 Å². The standard InChI is InChI=1S/C23H24ClF2NO6S/c1-11(28)21(29)23(31)13-7-14(23)9-16(8-13)34(32,33)20-6-12(2-4-17(20)24)22(30)27-15-3-5-18(25)19(26)10-15/h2-6,10-11,13-14,16,21,28-29,31H,7-9H2,1H3,(H,27,30)/t11-,13?,14?,16?,21-,23?/m0/s1. The minimum atomic E-state index is -4.01. The molecule has 4 atom stereocenters. The van der Waals surface area contributed by atoms with Crippen molar-refractivity contribution in [3.05, 3.63) is 58.6 Å². The summed E-state index contributed by atoms with van der Waals surface area (Å²) in [6, 6.07) is 6.54. The van der Waals surface area contributed by atoms with Gasteiger partial charge in [0.1, 0.15) is 6.10 Å². The molecule has 3 saturated carbocycles. The lowest BCUT2D eigenvalue weighted by Gasteiger charge is -2.60. The van der Waals surface area contributed by atoms with E-state index in [1.165, 1.54) is 25.1 Å². The Bertz CT molecular complexity index is 1230. The maximum atomic E-state index is 13.4. The topological polar surface area (TPSA) is 124 Å². The van der Waals surface area contributed by atoms with Crippen LogP contribution in [0.25, 0.3) is 0 Å². The molecule has 0 spiro atoms. The summed E-state index contributed by atoms with van der Waals surface area (Å²) in [7, 11) is -4.01. The highest BCUT2D eigenvalue weighted by atomic mass is 35.5. The molecule has 0 aliphatic heterocycles. The number of aliphatic hydroxyl groups is 3. The Morgan fingerprint density at radius 3 is 2.32 bits per heavy atom. The molecule has 1 amide bonds. The summed E-state index contributed by atoms with van der Waals surface area (Å²) in [6.07, 6.45) is -1.87. The molecule has 7 nitrogen and oxygen atoms in total. The minimum absolute atomic E-state index is 0.00780. The third kappa shape index (κ3) is 4.11. The predicted octanol–water partition coefficient (Wildman–Crippen LogP) is 2.92. The molecule has 0 heterocycles. The molecule has 2 aromatic rings. The number of fused-ring (bicyclic) bond motifs is 2. The summed E-state index contributed by atoms with van der Waals surface area (Å²) in [5, 5.41) is 32.3. The molecule has 2 bridgehead atoms. The molecule has 11 heteroatoms. The molecule has 184 valence electrons. The Hall–Kier alpha value is -2.11. The van der Waals surface area contributed by atoms with Crippen LogP contribution in [-0.2, 0) is 9.84 Å². The zero-order valence-electron chi connectivity index (χ0n) is 18.1. The lowest BCUT2D eigenvalue weighted by atomic mass is 9.51. The van der Waals surface area contributed by atoms with Crippen molar-refractivity contribution < 1.29 is 37.3 Å². The normalized spacial score (nSPS) is 28.0. The summed E-state index contributed by atoms with van der Waals surface area (Å²) in [6.45, 7) is 1.36. The van der Waals surface area contributed by atoms with E-state index in [-0.39, 0.29) is 34.0 Å². The van der Waals surface area contributed by atoms with Crippen molar-refractivity contribution in [2.75, 3.05) is 5.32 Å². The smallest absolute Gasteiger partial charge is 0.255 e. The Labute approximate surface area is 200 Å². The summed E-state index contributed by atoms with van der Waals surface area (Å²) in [5.41, 5.74) is -1.60. The van der Waals surface area contributed by atoms with Crippen LogP contribution in [0, 0.1) is 23.5 Å². The average Bonchev–Trinajstić information content (AvgIpc) is 2.80. The second-order valence-electron chi connectivity index (χ2n) is 9.07. The third-order valence-corrected chi connectivity index (χ3v) is 9.67. The van der Waals surface area contributed by atoms with E-state index in [2.05, 4.69) is 5.32 Å². The summed E-state index contributed by atoms with van der Waals surface area (Å²) >= 11 is 6.17. The first-order valence-electron chi connectivity index (χ1n) is 10.7. The highest BCUT2D eigenvalue weighted by molar-refractivity contribution is 7.92. The molecule has 2 unspecified atom stereocenters. The van der Waals surface area contributed by atoms with Crippen LogP contribution in [0.3, 0.4) is 0 Å². The van der Waals surface area contributed by atoms with E-state index in [0.717, 1.165) is 18.2 Å². The van der Waals surface area contributed by atoms with Crippen molar-refractivity contribution in [3.8, 4) is 0 Å². The van der Waals surface area contributed by atoms with Gasteiger partial charge in [-0.3, -0.25) is 4.79 Å². The highest BCUT2D eigenvalue weighted by Gasteiger charge is 2.63. The molecule has 3 aliphatic carbocycles. The highest BCUT2D eigenvalue weighted by Crippen LogP contribution is 2.57. The lowest BCUT2D eigenvalue weighted by Crippen LogP contribution is -2.69. The Balaban J connectivity index is 1.56. The quantitative estimate of drug-likeness (QED) is 0.469. The van der Waals surface area contributed by atoms with Gasteiger partial charge in [-0.05, 0) is 68.4 Å². The summed E-state index contributed by atoms with van der Waals surface area (Å²) in [4.78, 5) is 12.4. The van der Waals surface area contributed by atoms with E-state index < -0.39 is 62.3 Å². The number of rotatable bonds is 6. The number of carbonyl (C=O) groups is 1. The average molecular weight is 516 g/mol. The second kappa shape index (κ2) is 8.83. The van der Waals surface area contributed by atoms with Gasteiger partial charge >= 0.3 is 0 Å². The molecule has 3 fully saturated rings. The maximum Gasteiger partial charge on any atom is 0.255 e. The lowest BCUT2D eigenvalue weighted by molar-refractivity contribution is -0.249. The SMILES string of the molecule is C[C@H](O)[C@H](O)C1(O)C2CC1CC(S(=O)(=O)c1cc(C(=O)Nc3ccc(F)c(F)c3)ccc1Cl)C2. The first kappa shape index (κ1) is 25.0. The van der Waals surface area contributed by atoms with Gasteiger partial charge in [-0.25, -0.2) is 17.2 Å². The monoisotopic (exact) mass is 515 g/mol. The van der Waals surface area contributed by atoms with Crippen LogP contribution in [0.4, 0.5) is 14.5 Å². The van der Waals surface area contributed by atoms with Crippen molar-refractivity contribution in [1.82, 2.24) is 0 Å². The van der Waals surface area contributed by atoms with Gasteiger partial charge in [0.25, 0.3) is 5.91 Å². The third-order valence-electron chi connectivity index (χ3n) is 7.02. The molecular weight excluding hydrogens is 492 g/mol.